The number of halogens is 2. The predicted molar refractivity (Wildman–Crippen MR) is 147 cm³/mol. The predicted octanol–water partition coefficient (Wildman–Crippen LogP) is 5.07. The Labute approximate surface area is 224 Å². The Hall–Kier alpha value is -2.29. The quantitative estimate of drug-likeness (QED) is 0.419. The average Bonchev–Trinajstić information content (AvgIpc) is 2.79. The number of rotatable bonds is 11. The number of sulfonamides is 1. The monoisotopic (exact) mass is 555 g/mol. The van der Waals surface area contributed by atoms with Crippen LogP contribution in [0, 0.1) is 5.92 Å². The molecule has 0 unspecified atom stereocenters. The van der Waals surface area contributed by atoms with Gasteiger partial charge in [-0.1, -0.05) is 75.2 Å². The van der Waals surface area contributed by atoms with E-state index in [2.05, 4.69) is 5.32 Å². The first-order valence-electron chi connectivity index (χ1n) is 11.8. The molecule has 0 radical (unpaired) electrons. The van der Waals surface area contributed by atoms with Gasteiger partial charge in [0.1, 0.15) is 12.6 Å². The average molecular weight is 557 g/mol. The first kappa shape index (κ1) is 29.9. The number of carbonyl (C=O) groups excluding carboxylic acids is 2. The number of nitrogens with zero attached hydrogens (tertiary/aromatic N) is 2. The maximum atomic E-state index is 13.7. The topological polar surface area (TPSA) is 86.8 Å². The molecule has 2 rings (SSSR count). The zero-order valence-electron chi connectivity index (χ0n) is 21.6. The van der Waals surface area contributed by atoms with Crippen molar-refractivity contribution in [2.75, 3.05) is 23.7 Å². The van der Waals surface area contributed by atoms with Gasteiger partial charge >= 0.3 is 0 Å². The summed E-state index contributed by atoms with van der Waals surface area (Å²) in [4.78, 5) is 28.0. The van der Waals surface area contributed by atoms with Crippen LogP contribution in [0.3, 0.4) is 0 Å². The van der Waals surface area contributed by atoms with Gasteiger partial charge in [-0.05, 0) is 48.1 Å². The number of nitrogens with one attached hydrogen (secondary N) is 1. The third kappa shape index (κ3) is 8.11. The van der Waals surface area contributed by atoms with Gasteiger partial charge in [-0.3, -0.25) is 13.9 Å². The summed E-state index contributed by atoms with van der Waals surface area (Å²) >= 11 is 12.4. The number of hydrogen-bond donors (Lipinski definition) is 1. The molecule has 0 saturated heterocycles. The van der Waals surface area contributed by atoms with Crippen LogP contribution in [0.25, 0.3) is 0 Å². The summed E-state index contributed by atoms with van der Waals surface area (Å²) in [6, 6.07) is 11.1. The molecular weight excluding hydrogens is 521 g/mol. The lowest BCUT2D eigenvalue weighted by Gasteiger charge is -2.32. The molecule has 2 aromatic carbocycles. The molecule has 0 aliphatic heterocycles. The van der Waals surface area contributed by atoms with Crippen LogP contribution in [0.1, 0.15) is 51.7 Å². The fourth-order valence-corrected chi connectivity index (χ4v) is 5.00. The van der Waals surface area contributed by atoms with E-state index in [9.17, 15) is 18.0 Å². The summed E-state index contributed by atoms with van der Waals surface area (Å²) in [5.74, 6) is -0.609. The second kappa shape index (κ2) is 12.8. The zero-order chi connectivity index (χ0) is 27.2. The summed E-state index contributed by atoms with van der Waals surface area (Å²) in [6.45, 7) is 9.46. The van der Waals surface area contributed by atoms with Crippen molar-refractivity contribution >= 4 is 50.7 Å². The Bertz CT molecular complexity index is 1190. The fraction of sp³-hybridized carbons (Fsp3) is 0.462. The van der Waals surface area contributed by atoms with Gasteiger partial charge < -0.3 is 10.2 Å². The Kier molecular flexibility index (Phi) is 10.6. The number of carbonyl (C=O) groups is 2. The summed E-state index contributed by atoms with van der Waals surface area (Å²) in [5, 5.41) is 3.64. The molecule has 7 nitrogen and oxygen atoms in total. The number of amides is 2. The molecule has 0 aliphatic rings. The Morgan fingerprint density at radius 2 is 1.64 bits per heavy atom. The van der Waals surface area contributed by atoms with E-state index in [1.54, 1.807) is 37.3 Å². The lowest BCUT2D eigenvalue weighted by atomic mass is 10.0. The van der Waals surface area contributed by atoms with E-state index in [1.807, 2.05) is 39.8 Å². The molecule has 1 atom stereocenters. The van der Waals surface area contributed by atoms with E-state index in [0.29, 0.717) is 27.8 Å². The van der Waals surface area contributed by atoms with Crippen LogP contribution in [0.5, 0.6) is 0 Å². The summed E-state index contributed by atoms with van der Waals surface area (Å²) in [6.07, 6.45) is 1.07. The lowest BCUT2D eigenvalue weighted by Crippen LogP contribution is -2.51. The van der Waals surface area contributed by atoms with Gasteiger partial charge in [-0.2, -0.15) is 0 Å². The van der Waals surface area contributed by atoms with Gasteiger partial charge in [0.2, 0.25) is 21.8 Å². The molecule has 0 saturated carbocycles. The number of para-hydroxylation sites is 1. The lowest BCUT2D eigenvalue weighted by molar-refractivity contribution is -0.139. The third-order valence-corrected chi connectivity index (χ3v) is 7.43. The van der Waals surface area contributed by atoms with Crippen molar-refractivity contribution in [1.29, 1.82) is 0 Å². The van der Waals surface area contributed by atoms with Crippen molar-refractivity contribution in [2.45, 2.75) is 53.1 Å². The van der Waals surface area contributed by atoms with Gasteiger partial charge in [-0.15, -0.1) is 0 Å². The Morgan fingerprint density at radius 1 is 1.00 bits per heavy atom. The van der Waals surface area contributed by atoms with Crippen molar-refractivity contribution < 1.29 is 18.0 Å². The van der Waals surface area contributed by atoms with Gasteiger partial charge in [0.05, 0.1) is 11.9 Å². The Balaban J connectivity index is 2.47. The minimum Gasteiger partial charge on any atom is -0.354 e. The first-order chi connectivity index (χ1) is 16.7. The maximum Gasteiger partial charge on any atom is 0.244 e. The van der Waals surface area contributed by atoms with Crippen LogP contribution >= 0.6 is 23.2 Å². The normalized spacial score (nSPS) is 12.5. The van der Waals surface area contributed by atoms with Gasteiger partial charge in [-0.25, -0.2) is 8.42 Å². The van der Waals surface area contributed by atoms with E-state index in [0.717, 1.165) is 16.1 Å². The summed E-state index contributed by atoms with van der Waals surface area (Å²) < 4.78 is 26.8. The van der Waals surface area contributed by atoms with Crippen LogP contribution < -0.4 is 9.62 Å². The van der Waals surface area contributed by atoms with Crippen LogP contribution in [0.2, 0.25) is 10.0 Å². The molecular formula is C26H35Cl2N3O4S. The molecule has 198 valence electrons. The second-order valence-electron chi connectivity index (χ2n) is 9.56. The number of hydrogen-bond acceptors (Lipinski definition) is 4. The zero-order valence-corrected chi connectivity index (χ0v) is 23.9. The smallest absolute Gasteiger partial charge is 0.244 e. The molecule has 0 aromatic heterocycles. The summed E-state index contributed by atoms with van der Waals surface area (Å²) in [7, 11) is -3.81. The minimum absolute atomic E-state index is 0.00846. The van der Waals surface area contributed by atoms with Crippen LogP contribution in [0.15, 0.2) is 42.5 Å². The van der Waals surface area contributed by atoms with Crippen LogP contribution in [-0.2, 0) is 26.2 Å². The van der Waals surface area contributed by atoms with E-state index in [-0.39, 0.29) is 24.3 Å². The van der Waals surface area contributed by atoms with Crippen molar-refractivity contribution in [2.24, 2.45) is 5.92 Å². The third-order valence-electron chi connectivity index (χ3n) is 5.71. The maximum absolute atomic E-state index is 13.7. The minimum atomic E-state index is -3.81. The van der Waals surface area contributed by atoms with E-state index >= 15 is 0 Å². The SMILES string of the molecule is CC(C)CNC(=O)[C@@H](C)N(Cc1ccc(Cl)cc1Cl)C(=O)CN(c1ccccc1C(C)C)S(C)(=O)=O. The molecule has 0 spiro atoms. The summed E-state index contributed by atoms with van der Waals surface area (Å²) in [5.41, 5.74) is 1.82. The highest BCUT2D eigenvalue weighted by Crippen LogP contribution is 2.29. The molecule has 0 fully saturated rings. The standard InChI is InChI=1S/C26H35Cl2N3O4S/c1-17(2)14-29-26(33)19(5)30(15-20-11-12-21(27)13-23(20)28)25(32)16-31(36(6,34)35)24-10-8-7-9-22(24)18(3)4/h7-13,17-19H,14-16H2,1-6H3,(H,29,33)/t19-/m1/s1. The van der Waals surface area contributed by atoms with E-state index in [1.165, 1.54) is 4.90 Å². The van der Waals surface area contributed by atoms with E-state index in [4.69, 9.17) is 23.2 Å². The first-order valence-corrected chi connectivity index (χ1v) is 14.4. The Morgan fingerprint density at radius 3 is 2.19 bits per heavy atom. The highest BCUT2D eigenvalue weighted by molar-refractivity contribution is 7.92. The van der Waals surface area contributed by atoms with Crippen molar-refractivity contribution in [3.05, 3.63) is 63.6 Å². The molecule has 1 N–H and O–H groups in total. The number of anilines is 1. The van der Waals surface area contributed by atoms with Gasteiger partial charge in [0, 0.05) is 23.1 Å². The van der Waals surface area contributed by atoms with Gasteiger partial charge in [0.25, 0.3) is 0 Å². The largest absolute Gasteiger partial charge is 0.354 e. The molecule has 10 heteroatoms. The molecule has 36 heavy (non-hydrogen) atoms. The fourth-order valence-electron chi connectivity index (χ4n) is 3.67. The van der Waals surface area contributed by atoms with Crippen molar-refractivity contribution in [1.82, 2.24) is 10.2 Å². The highest BCUT2D eigenvalue weighted by Gasteiger charge is 2.31. The van der Waals surface area contributed by atoms with Crippen molar-refractivity contribution in [3.63, 3.8) is 0 Å². The van der Waals surface area contributed by atoms with Crippen LogP contribution in [-0.4, -0.2) is 50.5 Å². The number of benzene rings is 2. The van der Waals surface area contributed by atoms with Crippen molar-refractivity contribution in [3.8, 4) is 0 Å². The molecule has 0 heterocycles. The molecule has 0 bridgehead atoms. The van der Waals surface area contributed by atoms with Crippen LogP contribution in [0.4, 0.5) is 5.69 Å². The molecule has 2 aromatic rings. The molecule has 0 aliphatic carbocycles. The molecule has 2 amide bonds. The van der Waals surface area contributed by atoms with E-state index < -0.39 is 28.5 Å². The van der Waals surface area contributed by atoms with Gasteiger partial charge in [0.15, 0.2) is 0 Å². The second-order valence-corrected chi connectivity index (χ2v) is 12.3. The highest BCUT2D eigenvalue weighted by atomic mass is 35.5.